The summed E-state index contributed by atoms with van der Waals surface area (Å²) in [6, 6.07) is 12.9. The lowest BCUT2D eigenvalue weighted by atomic mass is 10.0. The molecular weight excluding hydrogens is 379 g/mol. The monoisotopic (exact) mass is 400 g/mol. The van der Waals surface area contributed by atoms with E-state index >= 15 is 0 Å². The van der Waals surface area contributed by atoms with E-state index in [1.165, 1.54) is 12.1 Å². The predicted molar refractivity (Wildman–Crippen MR) is 104 cm³/mol. The Labute approximate surface area is 163 Å². The van der Waals surface area contributed by atoms with Crippen molar-refractivity contribution >= 4 is 10.0 Å². The minimum atomic E-state index is -3.59. The number of aryl methyl sites for hydroxylation is 1. The summed E-state index contributed by atoms with van der Waals surface area (Å²) in [4.78, 5) is 4.53. The summed E-state index contributed by atoms with van der Waals surface area (Å²) >= 11 is 0. The number of hydrogen-bond donors (Lipinski definition) is 0. The minimum Gasteiger partial charge on any atom is -0.449 e. The fourth-order valence-electron chi connectivity index (χ4n) is 3.65. The van der Waals surface area contributed by atoms with Crippen molar-refractivity contribution in [2.45, 2.75) is 37.1 Å². The van der Waals surface area contributed by atoms with Crippen LogP contribution in [0.15, 0.2) is 64.1 Å². The number of benzene rings is 2. The first-order valence-electron chi connectivity index (χ1n) is 9.22. The summed E-state index contributed by atoms with van der Waals surface area (Å²) in [5.41, 5.74) is 2.42. The first kappa shape index (κ1) is 18.8. The van der Waals surface area contributed by atoms with Crippen LogP contribution in [0.25, 0.3) is 11.3 Å². The van der Waals surface area contributed by atoms with Crippen molar-refractivity contribution in [3.63, 3.8) is 0 Å². The molecule has 1 aromatic heterocycles. The largest absolute Gasteiger partial charge is 0.449 e. The highest BCUT2D eigenvalue weighted by Crippen LogP contribution is 2.29. The van der Waals surface area contributed by atoms with Crippen LogP contribution in [0.5, 0.6) is 0 Å². The number of nitrogens with zero attached hydrogens (tertiary/aromatic N) is 2. The highest BCUT2D eigenvalue weighted by Gasteiger charge is 2.35. The maximum Gasteiger partial charge on any atom is 0.243 e. The van der Waals surface area contributed by atoms with Gasteiger partial charge < -0.3 is 4.42 Å². The quantitative estimate of drug-likeness (QED) is 0.644. The maximum absolute atomic E-state index is 13.2. The average Bonchev–Trinajstić information content (AvgIpc) is 3.33. The molecule has 1 fully saturated rings. The molecule has 1 aliphatic rings. The lowest BCUT2D eigenvalue weighted by Crippen LogP contribution is -2.36. The van der Waals surface area contributed by atoms with Crippen molar-refractivity contribution in [3.05, 3.63) is 72.1 Å². The number of halogens is 1. The van der Waals surface area contributed by atoms with Crippen LogP contribution in [0.2, 0.25) is 0 Å². The molecule has 146 valence electrons. The van der Waals surface area contributed by atoms with Crippen LogP contribution >= 0.6 is 0 Å². The zero-order chi connectivity index (χ0) is 19.7. The van der Waals surface area contributed by atoms with Crippen LogP contribution in [0.3, 0.4) is 0 Å². The van der Waals surface area contributed by atoms with Gasteiger partial charge in [0.1, 0.15) is 17.8 Å². The van der Waals surface area contributed by atoms with Crippen LogP contribution in [-0.2, 0) is 16.4 Å². The van der Waals surface area contributed by atoms with Crippen LogP contribution in [-0.4, -0.2) is 30.3 Å². The van der Waals surface area contributed by atoms with Gasteiger partial charge in [0.2, 0.25) is 10.0 Å². The van der Waals surface area contributed by atoms with Gasteiger partial charge in [0, 0.05) is 25.1 Å². The second-order valence-electron chi connectivity index (χ2n) is 7.02. The summed E-state index contributed by atoms with van der Waals surface area (Å²) in [6.07, 6.45) is 3.75. The van der Waals surface area contributed by atoms with Gasteiger partial charge in [-0.3, -0.25) is 0 Å². The van der Waals surface area contributed by atoms with E-state index in [-0.39, 0.29) is 16.8 Å². The zero-order valence-corrected chi connectivity index (χ0v) is 16.3. The van der Waals surface area contributed by atoms with E-state index in [1.807, 2.05) is 0 Å². The Morgan fingerprint density at radius 2 is 1.86 bits per heavy atom. The lowest BCUT2D eigenvalue weighted by molar-refractivity contribution is 0.385. The number of aromatic nitrogens is 1. The van der Waals surface area contributed by atoms with Crippen LogP contribution < -0.4 is 0 Å². The molecule has 0 amide bonds. The molecule has 1 aliphatic heterocycles. The molecule has 7 heteroatoms. The third kappa shape index (κ3) is 3.72. The molecule has 4 rings (SSSR count). The zero-order valence-electron chi connectivity index (χ0n) is 15.5. The maximum atomic E-state index is 13.2. The van der Waals surface area contributed by atoms with E-state index in [1.54, 1.807) is 53.9 Å². The molecule has 5 nitrogen and oxygen atoms in total. The van der Waals surface area contributed by atoms with Gasteiger partial charge in [0.15, 0.2) is 5.89 Å². The number of oxazole rings is 1. The first-order valence-corrected chi connectivity index (χ1v) is 10.7. The Balaban J connectivity index is 1.55. The second-order valence-corrected chi connectivity index (χ2v) is 8.91. The Bertz CT molecular complexity index is 1060. The van der Waals surface area contributed by atoms with Gasteiger partial charge in [0.05, 0.1) is 4.90 Å². The molecule has 0 saturated carbocycles. The van der Waals surface area contributed by atoms with E-state index in [9.17, 15) is 12.8 Å². The molecule has 1 saturated heterocycles. The molecule has 0 bridgehead atoms. The predicted octanol–water partition coefficient (Wildman–Crippen LogP) is 4.18. The summed E-state index contributed by atoms with van der Waals surface area (Å²) in [7, 11) is -3.59. The summed E-state index contributed by atoms with van der Waals surface area (Å²) in [6.45, 7) is 2.26. The second kappa shape index (κ2) is 7.48. The third-order valence-corrected chi connectivity index (χ3v) is 7.05. The Morgan fingerprint density at radius 1 is 1.14 bits per heavy atom. The van der Waals surface area contributed by atoms with Gasteiger partial charge in [0.25, 0.3) is 0 Å². The van der Waals surface area contributed by atoms with Crippen LogP contribution in [0.4, 0.5) is 4.39 Å². The normalized spacial score (nSPS) is 17.9. The molecule has 2 heterocycles. The Kier molecular flexibility index (Phi) is 5.03. The SMILES string of the molecule is Cc1nc(-c2ccc(S(=O)(=O)N3CCCC3Cc3ccc(F)cc3)cc2)co1. The number of sulfonamides is 1. The van der Waals surface area contributed by atoms with E-state index in [2.05, 4.69) is 4.98 Å². The Morgan fingerprint density at radius 3 is 2.50 bits per heavy atom. The molecule has 1 atom stereocenters. The first-order chi connectivity index (χ1) is 13.4. The summed E-state index contributed by atoms with van der Waals surface area (Å²) < 4.78 is 46.3. The van der Waals surface area contributed by atoms with Gasteiger partial charge >= 0.3 is 0 Å². The van der Waals surface area contributed by atoms with Crippen molar-refractivity contribution < 1.29 is 17.2 Å². The van der Waals surface area contributed by atoms with E-state index < -0.39 is 10.0 Å². The molecule has 0 N–H and O–H groups in total. The summed E-state index contributed by atoms with van der Waals surface area (Å²) in [5.74, 6) is 0.273. The van der Waals surface area contributed by atoms with E-state index in [0.717, 1.165) is 24.0 Å². The fourth-order valence-corrected chi connectivity index (χ4v) is 5.34. The van der Waals surface area contributed by atoms with Crippen molar-refractivity contribution in [2.24, 2.45) is 0 Å². The molecule has 0 spiro atoms. The van der Waals surface area contributed by atoms with Gasteiger partial charge in [-0.2, -0.15) is 4.31 Å². The average molecular weight is 400 g/mol. The lowest BCUT2D eigenvalue weighted by Gasteiger charge is -2.24. The molecule has 28 heavy (non-hydrogen) atoms. The molecule has 0 radical (unpaired) electrons. The molecule has 2 aromatic carbocycles. The molecular formula is C21H21FN2O3S. The highest BCUT2D eigenvalue weighted by molar-refractivity contribution is 7.89. The van der Waals surface area contributed by atoms with Crippen molar-refractivity contribution in [1.29, 1.82) is 0 Å². The summed E-state index contributed by atoms with van der Waals surface area (Å²) in [5, 5.41) is 0. The van der Waals surface area contributed by atoms with Gasteiger partial charge in [-0.1, -0.05) is 24.3 Å². The van der Waals surface area contributed by atoms with E-state index in [4.69, 9.17) is 4.42 Å². The van der Waals surface area contributed by atoms with Gasteiger partial charge in [-0.25, -0.2) is 17.8 Å². The van der Waals surface area contributed by atoms with Crippen molar-refractivity contribution in [3.8, 4) is 11.3 Å². The topological polar surface area (TPSA) is 63.4 Å². The molecule has 3 aromatic rings. The minimum absolute atomic E-state index is 0.117. The smallest absolute Gasteiger partial charge is 0.243 e. The van der Waals surface area contributed by atoms with Gasteiger partial charge in [-0.15, -0.1) is 0 Å². The highest BCUT2D eigenvalue weighted by atomic mass is 32.2. The van der Waals surface area contributed by atoms with Crippen molar-refractivity contribution in [2.75, 3.05) is 6.54 Å². The third-order valence-electron chi connectivity index (χ3n) is 5.08. The Hall–Kier alpha value is -2.51. The molecule has 1 unspecified atom stereocenters. The standard InChI is InChI=1S/C21H21FN2O3S/c1-15-23-21(14-27-15)17-6-10-20(11-7-17)28(25,26)24-12-2-3-19(24)13-16-4-8-18(22)9-5-16/h4-11,14,19H,2-3,12-13H2,1H3. The van der Waals surface area contributed by atoms with E-state index in [0.29, 0.717) is 24.6 Å². The number of rotatable bonds is 5. The number of hydrogen-bond acceptors (Lipinski definition) is 4. The molecule has 0 aliphatic carbocycles. The fraction of sp³-hybridized carbons (Fsp3) is 0.286. The van der Waals surface area contributed by atoms with Crippen molar-refractivity contribution in [1.82, 2.24) is 9.29 Å². The van der Waals surface area contributed by atoms with Crippen LogP contribution in [0.1, 0.15) is 24.3 Å². The van der Waals surface area contributed by atoms with Gasteiger partial charge in [-0.05, 0) is 49.1 Å². The van der Waals surface area contributed by atoms with Crippen LogP contribution in [0, 0.1) is 12.7 Å².